The van der Waals surface area contributed by atoms with E-state index in [0.717, 1.165) is 47.8 Å². The van der Waals surface area contributed by atoms with Gasteiger partial charge in [0, 0.05) is 63.4 Å². The van der Waals surface area contributed by atoms with Crippen molar-refractivity contribution in [2.45, 2.75) is 61.3 Å². The van der Waals surface area contributed by atoms with E-state index in [9.17, 15) is 9.59 Å². The Labute approximate surface area is 262 Å². The van der Waals surface area contributed by atoms with E-state index < -0.39 is 10.8 Å². The Morgan fingerprint density at radius 2 is 1.89 bits per heavy atom. The fourth-order valence-electron chi connectivity index (χ4n) is 6.58. The predicted molar refractivity (Wildman–Crippen MR) is 179 cm³/mol. The smallest absolute Gasteiger partial charge is 0.260 e. The lowest BCUT2D eigenvalue weighted by Crippen LogP contribution is -2.45. The number of anilines is 3. The van der Waals surface area contributed by atoms with Crippen molar-refractivity contribution < 1.29 is 4.79 Å². The number of carbonyl (C=O) groups excluding carboxylic acids is 1. The van der Waals surface area contributed by atoms with Gasteiger partial charge in [0.1, 0.15) is 11.7 Å². The van der Waals surface area contributed by atoms with Crippen LogP contribution in [0.2, 0.25) is 0 Å². The van der Waals surface area contributed by atoms with Crippen molar-refractivity contribution in [2.75, 3.05) is 30.4 Å². The summed E-state index contributed by atoms with van der Waals surface area (Å²) >= 11 is 1.62. The summed E-state index contributed by atoms with van der Waals surface area (Å²) in [4.78, 5) is 41.3. The third-order valence-electron chi connectivity index (χ3n) is 9.23. The number of thioether (sulfide) groups is 1. The molecule has 9 heteroatoms. The highest BCUT2D eigenvalue weighted by Gasteiger charge is 2.45. The molecule has 7 rings (SSSR count). The number of piperidine rings is 1. The van der Waals surface area contributed by atoms with E-state index in [2.05, 4.69) is 46.3 Å². The number of carbonyl (C=O) groups is 1. The number of hydrogen-bond acceptors (Lipinski definition) is 8. The molecule has 2 aliphatic heterocycles. The zero-order chi connectivity index (χ0) is 30.6. The summed E-state index contributed by atoms with van der Waals surface area (Å²) in [6, 6.07) is 17.4. The summed E-state index contributed by atoms with van der Waals surface area (Å²) in [5.74, 6) is 0.589. The van der Waals surface area contributed by atoms with Crippen LogP contribution in [-0.4, -0.2) is 51.2 Å². The number of hydrogen-bond donors (Lipinski definition) is 2. The van der Waals surface area contributed by atoms with Gasteiger partial charge in [-0.2, -0.15) is 4.98 Å². The Balaban J connectivity index is 1.28. The first-order valence-electron chi connectivity index (χ1n) is 15.5. The molecule has 0 radical (unpaired) electrons. The van der Waals surface area contributed by atoms with Crippen LogP contribution in [0.3, 0.4) is 0 Å². The van der Waals surface area contributed by atoms with E-state index in [1.165, 1.54) is 12.8 Å². The first-order valence-corrected chi connectivity index (χ1v) is 16.3. The zero-order valence-corrected chi connectivity index (χ0v) is 26.3. The van der Waals surface area contributed by atoms with Gasteiger partial charge in [-0.25, -0.2) is 4.98 Å². The summed E-state index contributed by atoms with van der Waals surface area (Å²) in [5, 5.41) is 7.52. The normalized spacial score (nSPS) is 21.1. The lowest BCUT2D eigenvalue weighted by atomic mass is 9.92. The molecule has 2 N–H and O–H groups in total. The molecule has 2 unspecified atom stereocenters. The molecule has 44 heavy (non-hydrogen) atoms. The third kappa shape index (κ3) is 5.22. The number of benzene rings is 2. The molecule has 2 aromatic carbocycles. The van der Waals surface area contributed by atoms with E-state index in [4.69, 9.17) is 4.98 Å². The maximum Gasteiger partial charge on any atom is 0.260 e. The van der Waals surface area contributed by atoms with Crippen LogP contribution in [0.15, 0.2) is 77.1 Å². The fourth-order valence-corrected chi connectivity index (χ4v) is 7.89. The molecule has 226 valence electrons. The summed E-state index contributed by atoms with van der Waals surface area (Å²) in [6.07, 6.45) is 6.15. The van der Waals surface area contributed by atoms with Crippen molar-refractivity contribution in [2.24, 2.45) is 5.92 Å². The van der Waals surface area contributed by atoms with Gasteiger partial charge in [-0.3, -0.25) is 14.2 Å². The number of allylic oxidation sites excluding steroid dienone is 1. The van der Waals surface area contributed by atoms with Gasteiger partial charge in [-0.05, 0) is 94.0 Å². The van der Waals surface area contributed by atoms with Crippen molar-refractivity contribution >= 4 is 51.5 Å². The van der Waals surface area contributed by atoms with E-state index >= 15 is 0 Å². The molecule has 0 bridgehead atoms. The average Bonchev–Trinajstić information content (AvgIpc) is 3.88. The lowest BCUT2D eigenvalue weighted by molar-refractivity contribution is 0.0897. The highest BCUT2D eigenvalue weighted by molar-refractivity contribution is 8.00. The second-order valence-corrected chi connectivity index (χ2v) is 14.5. The summed E-state index contributed by atoms with van der Waals surface area (Å²) in [7, 11) is 2.14. The molecule has 2 fully saturated rings. The fraction of sp³-hybridized carbons (Fsp3) is 0.371. The van der Waals surface area contributed by atoms with E-state index in [0.29, 0.717) is 40.1 Å². The van der Waals surface area contributed by atoms with Crippen molar-refractivity contribution in [1.29, 1.82) is 0 Å². The van der Waals surface area contributed by atoms with Crippen LogP contribution >= 0.6 is 11.8 Å². The Morgan fingerprint density at radius 3 is 2.61 bits per heavy atom. The minimum Gasteiger partial charge on any atom is -0.370 e. The Hall–Kier alpha value is -3.95. The van der Waals surface area contributed by atoms with Crippen molar-refractivity contribution in [1.82, 2.24) is 19.9 Å². The van der Waals surface area contributed by atoms with Crippen LogP contribution in [-0.2, 0) is 0 Å². The number of Topliss-reactive ketones (excluding diaryl/α,β-unsaturated/α-hetero) is 1. The Bertz CT molecular complexity index is 1820. The SMILES string of the molecule is C=C(c1cc2cnc(Nc3ccc(N(C)C4CCCNC4)cc3)nc2n(C2C(=O)c3ccccc3SC2(C)C)c1=O)C1CC1. The van der Waals surface area contributed by atoms with Gasteiger partial charge in [0.15, 0.2) is 5.78 Å². The lowest BCUT2D eigenvalue weighted by Gasteiger charge is -2.39. The molecule has 3 aliphatic rings. The maximum absolute atomic E-state index is 14.4. The monoisotopic (exact) mass is 606 g/mol. The Kier molecular flexibility index (Phi) is 7.33. The van der Waals surface area contributed by atoms with Crippen molar-refractivity contribution in [3.63, 3.8) is 0 Å². The van der Waals surface area contributed by atoms with Gasteiger partial charge in [-0.1, -0.05) is 24.8 Å². The molecule has 1 saturated heterocycles. The van der Waals surface area contributed by atoms with Gasteiger partial charge in [0.2, 0.25) is 5.95 Å². The third-order valence-corrected chi connectivity index (χ3v) is 10.6. The van der Waals surface area contributed by atoms with E-state index in [-0.39, 0.29) is 11.3 Å². The summed E-state index contributed by atoms with van der Waals surface area (Å²) in [6.45, 7) is 10.4. The first kappa shape index (κ1) is 28.8. The highest BCUT2D eigenvalue weighted by atomic mass is 32.2. The standard InChI is InChI=1S/C35H38N6O2S/c1-21(22-11-12-22)28-18-23-19-37-34(38-24-13-15-25(16-14-24)40(4)26-8-7-17-36-20-26)39-32(23)41(33(28)43)31-30(42)27-9-5-6-10-29(27)44-35(31,2)3/h5-6,9-10,13-16,18-19,22,26,31,36H,1,7-8,11-12,17,20H2,2-4H3,(H,37,38,39). The quantitative estimate of drug-likeness (QED) is 0.248. The number of pyridine rings is 1. The number of ketones is 1. The topological polar surface area (TPSA) is 92.2 Å². The first-order chi connectivity index (χ1) is 21.2. The number of nitrogens with one attached hydrogen (secondary N) is 2. The van der Waals surface area contributed by atoms with Gasteiger partial charge >= 0.3 is 0 Å². The summed E-state index contributed by atoms with van der Waals surface area (Å²) in [5.41, 5.74) is 4.21. The van der Waals surface area contributed by atoms with Crippen molar-refractivity contribution in [3.8, 4) is 0 Å². The van der Waals surface area contributed by atoms with Crippen LogP contribution in [0, 0.1) is 5.92 Å². The minimum atomic E-state index is -0.754. The second kappa shape index (κ2) is 11.2. The molecule has 0 spiro atoms. The molecular formula is C35H38N6O2S. The minimum absolute atomic E-state index is 0.0806. The van der Waals surface area contributed by atoms with Gasteiger partial charge in [0.25, 0.3) is 5.56 Å². The van der Waals surface area contributed by atoms with Gasteiger partial charge < -0.3 is 15.5 Å². The molecular weight excluding hydrogens is 568 g/mol. The average molecular weight is 607 g/mol. The molecule has 4 heterocycles. The van der Waals surface area contributed by atoms with E-state index in [1.807, 2.05) is 56.3 Å². The number of nitrogens with zero attached hydrogens (tertiary/aromatic N) is 4. The number of rotatable bonds is 7. The van der Waals surface area contributed by atoms with Crippen LogP contribution in [0.25, 0.3) is 16.6 Å². The Morgan fingerprint density at radius 1 is 1.11 bits per heavy atom. The second-order valence-electron chi connectivity index (χ2n) is 12.8. The number of likely N-dealkylation sites (N-methyl/N-ethyl adjacent to an activating group) is 1. The maximum atomic E-state index is 14.4. The molecule has 8 nitrogen and oxygen atoms in total. The highest BCUT2D eigenvalue weighted by Crippen LogP contribution is 2.49. The van der Waals surface area contributed by atoms with E-state index in [1.54, 1.807) is 22.5 Å². The number of fused-ring (bicyclic) bond motifs is 2. The van der Waals surface area contributed by atoms with Gasteiger partial charge in [0.05, 0.1) is 0 Å². The largest absolute Gasteiger partial charge is 0.370 e. The van der Waals surface area contributed by atoms with Crippen LogP contribution in [0.5, 0.6) is 0 Å². The van der Waals surface area contributed by atoms with Crippen LogP contribution < -0.4 is 21.1 Å². The zero-order valence-electron chi connectivity index (χ0n) is 25.5. The molecule has 4 aromatic rings. The summed E-state index contributed by atoms with van der Waals surface area (Å²) < 4.78 is 1.02. The molecule has 2 atom stereocenters. The molecule has 0 amide bonds. The molecule has 1 saturated carbocycles. The van der Waals surface area contributed by atoms with Crippen LogP contribution in [0.1, 0.15) is 61.5 Å². The number of aromatic nitrogens is 3. The predicted octanol–water partition coefficient (Wildman–Crippen LogP) is 6.45. The molecule has 1 aliphatic carbocycles. The molecule has 2 aromatic heterocycles. The van der Waals surface area contributed by atoms with Crippen molar-refractivity contribution in [3.05, 3.63) is 88.9 Å². The van der Waals surface area contributed by atoms with Gasteiger partial charge in [-0.15, -0.1) is 11.8 Å². The van der Waals surface area contributed by atoms with Crippen LogP contribution in [0.4, 0.5) is 17.3 Å².